The van der Waals surface area contributed by atoms with Crippen molar-refractivity contribution in [3.05, 3.63) is 58.7 Å². The van der Waals surface area contributed by atoms with E-state index in [9.17, 15) is 25.5 Å². The maximum absolute atomic E-state index is 10.7. The van der Waals surface area contributed by atoms with Crippen molar-refractivity contribution in [1.29, 1.82) is 0 Å². The lowest BCUT2D eigenvalue weighted by Crippen LogP contribution is -2.38. The van der Waals surface area contributed by atoms with Crippen LogP contribution < -0.4 is 15.4 Å². The van der Waals surface area contributed by atoms with Gasteiger partial charge in [-0.2, -0.15) is 0 Å². The zero-order chi connectivity index (χ0) is 25.7. The molecule has 8 nitrogen and oxygen atoms in total. The summed E-state index contributed by atoms with van der Waals surface area (Å²) >= 11 is 0. The van der Waals surface area contributed by atoms with Crippen LogP contribution in [0.3, 0.4) is 0 Å². The van der Waals surface area contributed by atoms with Crippen molar-refractivity contribution in [2.75, 3.05) is 13.1 Å². The van der Waals surface area contributed by atoms with Crippen LogP contribution >= 0.6 is 0 Å². The van der Waals surface area contributed by atoms with Crippen molar-refractivity contribution in [3.63, 3.8) is 0 Å². The molecule has 0 amide bonds. The summed E-state index contributed by atoms with van der Waals surface area (Å²) in [5, 5.41) is 58.2. The van der Waals surface area contributed by atoms with Gasteiger partial charge in [-0.05, 0) is 76.9 Å². The molecule has 2 aromatic rings. The molecule has 3 unspecified atom stereocenters. The molecule has 0 fully saturated rings. The molecule has 7 N–H and O–H groups in total. The lowest BCUT2D eigenvalue weighted by molar-refractivity contribution is -0.0224. The van der Waals surface area contributed by atoms with E-state index in [4.69, 9.17) is 4.74 Å². The number of rotatable bonds is 10. The summed E-state index contributed by atoms with van der Waals surface area (Å²) in [5.41, 5.74) is 1.26. The molecule has 0 aliphatic heterocycles. The number of aliphatic hydroxyl groups is 4. The van der Waals surface area contributed by atoms with Crippen LogP contribution in [0, 0.1) is 0 Å². The highest BCUT2D eigenvalue weighted by Crippen LogP contribution is 2.32. The molecular formula is C26H40N2O6. The number of aromatic hydroxyl groups is 1. The monoisotopic (exact) mass is 476 g/mol. The summed E-state index contributed by atoms with van der Waals surface area (Å²) in [7, 11) is 0. The molecule has 0 aromatic heterocycles. The van der Waals surface area contributed by atoms with Gasteiger partial charge in [0.25, 0.3) is 0 Å². The fourth-order valence-electron chi connectivity index (χ4n) is 3.25. The Morgan fingerprint density at radius 1 is 0.794 bits per heavy atom. The highest BCUT2D eigenvalue weighted by molar-refractivity contribution is 5.41. The van der Waals surface area contributed by atoms with Crippen LogP contribution in [0.4, 0.5) is 0 Å². The molecule has 190 valence electrons. The predicted octanol–water partition coefficient (Wildman–Crippen LogP) is 2.80. The second kappa shape index (κ2) is 11.5. The average molecular weight is 477 g/mol. The van der Waals surface area contributed by atoms with E-state index in [0.717, 1.165) is 0 Å². The third kappa shape index (κ3) is 8.54. The summed E-state index contributed by atoms with van der Waals surface area (Å²) in [6, 6.07) is 9.31. The third-order valence-corrected chi connectivity index (χ3v) is 5.23. The number of hydrogen-bond acceptors (Lipinski definition) is 8. The Labute approximate surface area is 202 Å². The first-order valence-electron chi connectivity index (χ1n) is 11.5. The first-order chi connectivity index (χ1) is 15.7. The molecule has 0 aliphatic rings. The molecule has 0 spiro atoms. The van der Waals surface area contributed by atoms with E-state index in [0.29, 0.717) is 29.8 Å². The predicted molar refractivity (Wildman–Crippen MR) is 131 cm³/mol. The fraction of sp³-hybridized carbons (Fsp3) is 0.538. The summed E-state index contributed by atoms with van der Waals surface area (Å²) in [6.07, 6.45) is -3.17. The second-order valence-electron chi connectivity index (χ2n) is 10.6. The van der Waals surface area contributed by atoms with Crippen molar-refractivity contribution < 1.29 is 30.3 Å². The first-order valence-corrected chi connectivity index (χ1v) is 11.5. The molecule has 8 heteroatoms. The minimum Gasteiger partial charge on any atom is -0.507 e. The molecule has 0 radical (unpaired) electrons. The van der Waals surface area contributed by atoms with Crippen molar-refractivity contribution in [2.45, 2.75) is 77.7 Å². The minimum absolute atomic E-state index is 0.0923. The highest BCUT2D eigenvalue weighted by atomic mass is 16.6. The normalized spacial score (nSPS) is 15.1. The molecule has 34 heavy (non-hydrogen) atoms. The summed E-state index contributed by atoms with van der Waals surface area (Å²) in [5.74, 6) is 0.0348. The molecule has 0 bridgehead atoms. The Hall–Kier alpha value is -2.20. The first kappa shape index (κ1) is 28.0. The number of phenols is 1. The molecule has 0 saturated heterocycles. The van der Waals surface area contributed by atoms with Crippen LogP contribution in [0.15, 0.2) is 36.4 Å². The third-order valence-electron chi connectivity index (χ3n) is 5.23. The van der Waals surface area contributed by atoms with Crippen LogP contribution in [0.2, 0.25) is 0 Å². The molecule has 0 heterocycles. The molecule has 2 rings (SSSR count). The van der Waals surface area contributed by atoms with Crippen LogP contribution in [0.25, 0.3) is 0 Å². The zero-order valence-corrected chi connectivity index (χ0v) is 21.0. The van der Waals surface area contributed by atoms with E-state index in [2.05, 4.69) is 10.6 Å². The lowest BCUT2D eigenvalue weighted by atomic mass is 10.0. The van der Waals surface area contributed by atoms with E-state index >= 15 is 0 Å². The van der Waals surface area contributed by atoms with Gasteiger partial charge in [0.2, 0.25) is 6.29 Å². The van der Waals surface area contributed by atoms with Crippen LogP contribution in [-0.4, -0.2) is 49.7 Å². The average Bonchev–Trinajstić information content (AvgIpc) is 2.75. The Morgan fingerprint density at radius 3 is 1.79 bits per heavy atom. The van der Waals surface area contributed by atoms with Crippen molar-refractivity contribution >= 4 is 0 Å². The lowest BCUT2D eigenvalue weighted by Gasteiger charge is -2.24. The van der Waals surface area contributed by atoms with Gasteiger partial charge in [-0.15, -0.1) is 0 Å². The van der Waals surface area contributed by atoms with Crippen molar-refractivity contribution in [1.82, 2.24) is 10.6 Å². The largest absolute Gasteiger partial charge is 0.507 e. The number of phenolic OH excluding ortho intramolecular Hbond substituents is 1. The molecule has 0 saturated carbocycles. The molecular weight excluding hydrogens is 436 g/mol. The Morgan fingerprint density at radius 2 is 1.29 bits per heavy atom. The summed E-state index contributed by atoms with van der Waals surface area (Å²) in [4.78, 5) is 0. The Bertz CT molecular complexity index is 936. The molecule has 3 atom stereocenters. The van der Waals surface area contributed by atoms with Gasteiger partial charge in [0.1, 0.15) is 11.5 Å². The van der Waals surface area contributed by atoms with Gasteiger partial charge < -0.3 is 40.9 Å². The number of ether oxygens (including phenoxy) is 1. The van der Waals surface area contributed by atoms with Gasteiger partial charge >= 0.3 is 0 Å². The quantitative estimate of drug-likeness (QED) is 0.260. The number of nitrogens with one attached hydrogen (secondary N) is 2. The summed E-state index contributed by atoms with van der Waals surface area (Å²) < 4.78 is 5.64. The maximum Gasteiger partial charge on any atom is 0.227 e. The SMILES string of the molecule is CC(C)(C)NCC(O)c1ccc(OC(O)c2cc(C(O)CNC(C)(C)C)ccc2O)c(CO)c1. The topological polar surface area (TPSA) is 134 Å². The smallest absolute Gasteiger partial charge is 0.227 e. The molecule has 2 aromatic carbocycles. The Kier molecular flexibility index (Phi) is 9.47. The molecule has 0 aliphatic carbocycles. The number of hydrogen-bond donors (Lipinski definition) is 7. The standard InChI is InChI=1S/C26H40N2O6/c1-25(2,3)27-13-21(31)16-8-10-23(18(11-16)15-29)34-24(33)19-12-17(7-9-20(19)30)22(32)14-28-26(4,5)6/h7-12,21-22,24,27-33H,13-15H2,1-6H3. The van der Waals surface area contributed by atoms with E-state index in [1.54, 1.807) is 24.3 Å². The number of aliphatic hydroxyl groups excluding tert-OH is 4. The minimum atomic E-state index is -1.54. The zero-order valence-electron chi connectivity index (χ0n) is 21.0. The fourth-order valence-corrected chi connectivity index (χ4v) is 3.25. The number of β-amino-alcohol motifs (C(OH)–C–C–N with tert-alkyl or cyclic N) is 2. The van der Waals surface area contributed by atoms with Crippen molar-refractivity contribution in [3.8, 4) is 11.5 Å². The summed E-state index contributed by atoms with van der Waals surface area (Å²) in [6.45, 7) is 12.2. The van der Waals surface area contributed by atoms with Gasteiger partial charge in [-0.1, -0.05) is 12.1 Å². The van der Waals surface area contributed by atoms with Gasteiger partial charge in [-0.3, -0.25) is 0 Å². The van der Waals surface area contributed by atoms with Gasteiger partial charge in [0, 0.05) is 29.7 Å². The van der Waals surface area contributed by atoms with Crippen LogP contribution in [0.1, 0.15) is 82.3 Å². The number of benzene rings is 2. The van der Waals surface area contributed by atoms with E-state index < -0.39 is 18.5 Å². The highest BCUT2D eigenvalue weighted by Gasteiger charge is 2.21. The maximum atomic E-state index is 10.7. The van der Waals surface area contributed by atoms with Crippen LogP contribution in [0.5, 0.6) is 11.5 Å². The van der Waals surface area contributed by atoms with Crippen LogP contribution in [-0.2, 0) is 6.61 Å². The Balaban J connectivity index is 2.17. The van der Waals surface area contributed by atoms with Crippen molar-refractivity contribution in [2.24, 2.45) is 0 Å². The van der Waals surface area contributed by atoms with Gasteiger partial charge in [0.05, 0.1) is 24.4 Å². The van der Waals surface area contributed by atoms with E-state index in [1.165, 1.54) is 12.1 Å². The second-order valence-corrected chi connectivity index (χ2v) is 10.6. The van der Waals surface area contributed by atoms with E-state index in [-0.39, 0.29) is 34.7 Å². The van der Waals surface area contributed by atoms with Gasteiger partial charge in [-0.25, -0.2) is 0 Å². The van der Waals surface area contributed by atoms with E-state index in [1.807, 2.05) is 41.5 Å². The van der Waals surface area contributed by atoms with Gasteiger partial charge in [0.15, 0.2) is 0 Å².